The van der Waals surface area contributed by atoms with Gasteiger partial charge >= 0.3 is 6.36 Å². The van der Waals surface area contributed by atoms with E-state index < -0.39 is 17.9 Å². The third-order valence-electron chi connectivity index (χ3n) is 5.27. The predicted molar refractivity (Wildman–Crippen MR) is 140 cm³/mol. The minimum Gasteiger partial charge on any atom is -0.457 e. The van der Waals surface area contributed by atoms with Crippen molar-refractivity contribution in [3.63, 3.8) is 0 Å². The van der Waals surface area contributed by atoms with Gasteiger partial charge in [-0.25, -0.2) is 4.39 Å². The highest BCUT2D eigenvalue weighted by Crippen LogP contribution is 2.37. The average Bonchev–Trinajstić information content (AvgIpc) is 2.85. The van der Waals surface area contributed by atoms with Gasteiger partial charge in [0.15, 0.2) is 0 Å². The molecule has 0 saturated carbocycles. The Morgan fingerprint density at radius 2 is 1.63 bits per heavy atom. The number of nitrogens with one attached hydrogen (secondary N) is 1. The largest absolute Gasteiger partial charge is 0.573 e. The summed E-state index contributed by atoms with van der Waals surface area (Å²) in [6.45, 7) is 2.07. The van der Waals surface area contributed by atoms with Crippen LogP contribution in [0.1, 0.15) is 12.5 Å². The van der Waals surface area contributed by atoms with Gasteiger partial charge in [0.05, 0.1) is 6.42 Å². The Labute approximate surface area is 221 Å². The first-order valence-corrected chi connectivity index (χ1v) is 12.6. The number of halogens is 4. The number of hydrogen-bond acceptors (Lipinski definition) is 4. The Balaban J connectivity index is 1.58. The summed E-state index contributed by atoms with van der Waals surface area (Å²) in [4.78, 5) is 13.8. The van der Waals surface area contributed by atoms with Crippen molar-refractivity contribution in [1.82, 2.24) is 0 Å². The Bertz CT molecular complexity index is 1410. The van der Waals surface area contributed by atoms with Gasteiger partial charge in [-0.2, -0.15) is 0 Å². The van der Waals surface area contributed by atoms with Gasteiger partial charge in [-0.15, -0.1) is 24.9 Å². The average molecular weight is 542 g/mol. The zero-order valence-electron chi connectivity index (χ0n) is 20.2. The minimum atomic E-state index is -4.86. The molecule has 0 radical (unpaired) electrons. The molecule has 4 nitrogen and oxygen atoms in total. The van der Waals surface area contributed by atoms with Crippen LogP contribution in [0, 0.1) is 5.82 Å². The van der Waals surface area contributed by atoms with E-state index in [9.17, 15) is 22.4 Å². The molecule has 1 N–H and O–H groups in total. The summed E-state index contributed by atoms with van der Waals surface area (Å²) in [6.07, 6.45) is -4.71. The first-order chi connectivity index (χ1) is 18.2. The molecule has 0 saturated heterocycles. The molecule has 0 fully saturated rings. The van der Waals surface area contributed by atoms with Crippen LogP contribution < -0.4 is 14.8 Å². The molecule has 0 unspecified atom stereocenters. The first-order valence-electron chi connectivity index (χ1n) is 11.6. The Morgan fingerprint density at radius 1 is 0.895 bits per heavy atom. The number of hydrogen-bond donors (Lipinski definition) is 1. The molecule has 0 heterocycles. The quantitative estimate of drug-likeness (QED) is 0.171. The Hall–Kier alpha value is -3.98. The lowest BCUT2D eigenvalue weighted by atomic mass is 10.0. The molecule has 0 spiro atoms. The summed E-state index contributed by atoms with van der Waals surface area (Å²) in [5.74, 6) is 0.0578. The van der Waals surface area contributed by atoms with E-state index in [4.69, 9.17) is 4.74 Å². The van der Waals surface area contributed by atoms with Gasteiger partial charge in [0.2, 0.25) is 5.91 Å². The van der Waals surface area contributed by atoms with Crippen LogP contribution in [0.3, 0.4) is 0 Å². The molecule has 196 valence electrons. The normalized spacial score (nSPS) is 11.2. The lowest BCUT2D eigenvalue weighted by molar-refractivity contribution is -0.274. The molecule has 0 aromatic heterocycles. The van der Waals surface area contributed by atoms with Crippen LogP contribution in [-0.4, -0.2) is 18.0 Å². The van der Waals surface area contributed by atoms with Gasteiger partial charge in [0.25, 0.3) is 0 Å². The molecule has 0 aliphatic carbocycles. The number of benzene rings is 4. The van der Waals surface area contributed by atoms with Crippen LogP contribution in [0.2, 0.25) is 0 Å². The SMILES string of the molecule is CCSc1ccc(CC(=O)Nc2ccc(-c3cccc(F)c3)c(Oc3cccc(OC(F)(F)F)c3)c2)cc1. The molecular weight excluding hydrogens is 518 g/mol. The first kappa shape index (κ1) is 27.1. The number of alkyl halides is 3. The molecule has 4 aromatic rings. The topological polar surface area (TPSA) is 47.6 Å². The molecule has 0 aliphatic rings. The van der Waals surface area contributed by atoms with Crippen LogP contribution >= 0.6 is 11.8 Å². The molecule has 0 bridgehead atoms. The number of carbonyl (C=O) groups excluding carboxylic acids is 1. The van der Waals surface area contributed by atoms with Crippen molar-refractivity contribution < 1.29 is 31.8 Å². The molecule has 1 amide bonds. The van der Waals surface area contributed by atoms with Crippen LogP contribution in [0.25, 0.3) is 11.1 Å². The maximum atomic E-state index is 13.9. The highest BCUT2D eigenvalue weighted by molar-refractivity contribution is 7.99. The molecule has 9 heteroatoms. The van der Waals surface area contributed by atoms with Gasteiger partial charge in [0.1, 0.15) is 23.1 Å². The zero-order valence-corrected chi connectivity index (χ0v) is 21.0. The number of anilines is 1. The predicted octanol–water partition coefficient (Wildman–Crippen LogP) is 8.48. The summed E-state index contributed by atoms with van der Waals surface area (Å²) in [7, 11) is 0. The van der Waals surface area contributed by atoms with E-state index in [2.05, 4.69) is 17.0 Å². The molecule has 0 atom stereocenters. The van der Waals surface area contributed by atoms with E-state index in [0.29, 0.717) is 16.8 Å². The van der Waals surface area contributed by atoms with Crippen LogP contribution in [-0.2, 0) is 11.2 Å². The van der Waals surface area contributed by atoms with Crippen LogP contribution in [0.15, 0.2) is 95.9 Å². The van der Waals surface area contributed by atoms with Gasteiger partial charge in [-0.05, 0) is 65.4 Å². The number of thioether (sulfide) groups is 1. The van der Waals surface area contributed by atoms with Crippen molar-refractivity contribution >= 4 is 23.4 Å². The third kappa shape index (κ3) is 7.76. The van der Waals surface area contributed by atoms with E-state index >= 15 is 0 Å². The van der Waals surface area contributed by atoms with Crippen LogP contribution in [0.5, 0.6) is 17.2 Å². The number of rotatable bonds is 9. The highest BCUT2D eigenvalue weighted by Gasteiger charge is 2.31. The standard InChI is InChI=1S/C29H23F4NO3S/c1-2-38-25-12-9-19(10-13-25)15-28(35)34-22-11-14-26(20-5-3-6-21(30)16-20)27(17-22)36-23-7-4-8-24(18-23)37-29(31,32)33/h3-14,16-18H,2,15H2,1H3,(H,34,35). The second-order valence-corrected chi connectivity index (χ2v) is 9.49. The Kier molecular flexibility index (Phi) is 8.58. The van der Waals surface area contributed by atoms with Crippen molar-refractivity contribution in [2.24, 2.45) is 0 Å². The minimum absolute atomic E-state index is 0.0675. The summed E-state index contributed by atoms with van der Waals surface area (Å²) in [5, 5.41) is 2.82. The number of amides is 1. The van der Waals surface area contributed by atoms with Crippen molar-refractivity contribution in [2.45, 2.75) is 24.6 Å². The zero-order chi connectivity index (χ0) is 27.1. The maximum Gasteiger partial charge on any atom is 0.573 e. The van der Waals surface area contributed by atoms with E-state index in [1.807, 2.05) is 24.3 Å². The molecule has 4 aromatic carbocycles. The van der Waals surface area contributed by atoms with E-state index in [1.54, 1.807) is 30.0 Å². The van der Waals surface area contributed by atoms with Gasteiger partial charge < -0.3 is 14.8 Å². The molecule has 4 rings (SSSR count). The van der Waals surface area contributed by atoms with Crippen molar-refractivity contribution in [3.8, 4) is 28.4 Å². The monoisotopic (exact) mass is 541 g/mol. The van der Waals surface area contributed by atoms with Gasteiger partial charge in [0, 0.05) is 28.3 Å². The maximum absolute atomic E-state index is 13.9. The second-order valence-electron chi connectivity index (χ2n) is 8.15. The van der Waals surface area contributed by atoms with Crippen LogP contribution in [0.4, 0.5) is 23.2 Å². The van der Waals surface area contributed by atoms with Gasteiger partial charge in [-0.3, -0.25) is 4.79 Å². The van der Waals surface area contributed by atoms with E-state index in [0.717, 1.165) is 28.3 Å². The number of ether oxygens (including phenoxy) is 2. The Morgan fingerprint density at radius 3 is 2.34 bits per heavy atom. The highest BCUT2D eigenvalue weighted by atomic mass is 32.2. The molecule has 38 heavy (non-hydrogen) atoms. The van der Waals surface area contributed by atoms with E-state index in [1.165, 1.54) is 36.4 Å². The lowest BCUT2D eigenvalue weighted by Gasteiger charge is -2.15. The summed E-state index contributed by atoms with van der Waals surface area (Å²) < 4.78 is 61.8. The van der Waals surface area contributed by atoms with Gasteiger partial charge in [-0.1, -0.05) is 37.3 Å². The fourth-order valence-corrected chi connectivity index (χ4v) is 4.36. The third-order valence-corrected chi connectivity index (χ3v) is 6.16. The lowest BCUT2D eigenvalue weighted by Crippen LogP contribution is -2.17. The van der Waals surface area contributed by atoms with Crippen molar-refractivity contribution in [1.29, 1.82) is 0 Å². The summed E-state index contributed by atoms with van der Waals surface area (Å²) in [5.41, 5.74) is 2.22. The smallest absolute Gasteiger partial charge is 0.457 e. The number of carbonyl (C=O) groups is 1. The molecular formula is C29H23F4NO3S. The fraction of sp³-hybridized carbons (Fsp3) is 0.138. The summed E-state index contributed by atoms with van der Waals surface area (Å²) >= 11 is 1.71. The molecule has 0 aliphatic heterocycles. The van der Waals surface area contributed by atoms with Crippen molar-refractivity contribution in [2.75, 3.05) is 11.1 Å². The summed E-state index contributed by atoms with van der Waals surface area (Å²) in [6, 6.07) is 23.4. The second kappa shape index (κ2) is 12.0. The van der Waals surface area contributed by atoms with Crippen molar-refractivity contribution in [3.05, 3.63) is 102 Å². The van der Waals surface area contributed by atoms with E-state index in [-0.39, 0.29) is 23.8 Å². The fourth-order valence-electron chi connectivity index (χ4n) is 3.70.